The number of nitrogens with zero attached hydrogens (tertiary/aromatic N) is 3. The lowest BCUT2D eigenvalue weighted by Gasteiger charge is -2.32. The smallest absolute Gasteiger partial charge is 0.341 e. The molecule has 0 atom stereocenters. The summed E-state index contributed by atoms with van der Waals surface area (Å²) in [6.07, 6.45) is 11.5. The molecule has 0 radical (unpaired) electrons. The Bertz CT molecular complexity index is 1500. The van der Waals surface area contributed by atoms with E-state index in [1.807, 2.05) is 42.5 Å². The summed E-state index contributed by atoms with van der Waals surface area (Å²) in [4.78, 5) is 31.2. The standard InChI is InChI=1S/C33H38N4O5/c38-31(39)22-42-28-9-6-24(7-10-28)20-36-15-12-23(13-16-36)19-34-33(40)25-8-11-30-29(18-25)35-32(26-14-17-41-21-26)37(30)27-4-2-1-3-5-27/h6-11,14,17-18,21,23,27H,1-5,12-13,15-16,19-20,22H2,(H,34,40)(H,38,39). The topological polar surface area (TPSA) is 110 Å². The predicted octanol–water partition coefficient (Wildman–Crippen LogP) is 5.91. The fraction of sp³-hybridized carbons (Fsp3) is 0.424. The average Bonchev–Trinajstić information content (AvgIpc) is 3.69. The van der Waals surface area contributed by atoms with Crippen molar-refractivity contribution in [3.05, 3.63) is 72.2 Å². The van der Waals surface area contributed by atoms with Gasteiger partial charge < -0.3 is 24.1 Å². The second-order valence-corrected chi connectivity index (χ2v) is 11.6. The van der Waals surface area contributed by atoms with Crippen LogP contribution < -0.4 is 10.1 Å². The molecule has 0 unspecified atom stereocenters. The number of carboxylic acid groups (broad SMARTS) is 1. The van der Waals surface area contributed by atoms with Gasteiger partial charge in [-0.15, -0.1) is 0 Å². The number of furan rings is 1. The third-order valence-corrected chi connectivity index (χ3v) is 8.62. The Morgan fingerprint density at radius 2 is 1.79 bits per heavy atom. The number of fused-ring (bicyclic) bond motifs is 1. The quantitative estimate of drug-likeness (QED) is 0.244. The van der Waals surface area contributed by atoms with Crippen LogP contribution >= 0.6 is 0 Å². The number of carboxylic acids is 1. The number of hydrogen-bond acceptors (Lipinski definition) is 6. The molecule has 3 heterocycles. The first kappa shape index (κ1) is 28.0. The molecular formula is C33H38N4O5. The first-order chi connectivity index (χ1) is 20.5. The number of benzene rings is 2. The molecule has 4 aromatic rings. The van der Waals surface area contributed by atoms with Crippen molar-refractivity contribution in [2.24, 2.45) is 5.92 Å². The zero-order chi connectivity index (χ0) is 28.9. The number of nitrogens with one attached hydrogen (secondary N) is 1. The van der Waals surface area contributed by atoms with E-state index >= 15 is 0 Å². The zero-order valence-corrected chi connectivity index (χ0v) is 23.8. The number of amides is 1. The van der Waals surface area contributed by atoms with E-state index in [0.717, 1.165) is 67.7 Å². The Morgan fingerprint density at radius 1 is 1.00 bits per heavy atom. The number of likely N-dealkylation sites (tertiary alicyclic amines) is 1. The monoisotopic (exact) mass is 570 g/mol. The van der Waals surface area contributed by atoms with E-state index in [0.29, 0.717) is 29.8 Å². The van der Waals surface area contributed by atoms with Gasteiger partial charge >= 0.3 is 5.97 Å². The number of aliphatic carboxylic acids is 1. The van der Waals surface area contributed by atoms with Gasteiger partial charge in [-0.1, -0.05) is 31.4 Å². The highest BCUT2D eigenvalue weighted by Gasteiger charge is 2.24. The Hall–Kier alpha value is -4.11. The van der Waals surface area contributed by atoms with Gasteiger partial charge in [-0.05, 0) is 86.7 Å². The first-order valence-electron chi connectivity index (χ1n) is 15.0. The van der Waals surface area contributed by atoms with Crippen LogP contribution in [0.15, 0.2) is 65.5 Å². The normalized spacial score (nSPS) is 17.0. The summed E-state index contributed by atoms with van der Waals surface area (Å²) < 4.78 is 12.9. The van der Waals surface area contributed by atoms with Crippen LogP contribution in [0, 0.1) is 5.92 Å². The lowest BCUT2D eigenvalue weighted by molar-refractivity contribution is -0.139. The molecule has 2 N–H and O–H groups in total. The maximum Gasteiger partial charge on any atom is 0.341 e. The molecule has 1 aliphatic carbocycles. The summed E-state index contributed by atoms with van der Waals surface area (Å²) in [5.41, 5.74) is 4.70. The lowest BCUT2D eigenvalue weighted by atomic mass is 9.95. The third kappa shape index (κ3) is 6.51. The van der Waals surface area contributed by atoms with Gasteiger partial charge in [-0.3, -0.25) is 9.69 Å². The predicted molar refractivity (Wildman–Crippen MR) is 159 cm³/mol. The molecule has 9 nitrogen and oxygen atoms in total. The highest BCUT2D eigenvalue weighted by atomic mass is 16.5. The number of rotatable bonds is 10. The van der Waals surface area contributed by atoms with Gasteiger partial charge in [0.25, 0.3) is 5.91 Å². The number of ether oxygens (including phenoxy) is 1. The summed E-state index contributed by atoms with van der Waals surface area (Å²) in [7, 11) is 0. The molecule has 1 amide bonds. The van der Waals surface area contributed by atoms with Gasteiger partial charge in [-0.25, -0.2) is 9.78 Å². The van der Waals surface area contributed by atoms with E-state index in [2.05, 4.69) is 20.9 Å². The zero-order valence-electron chi connectivity index (χ0n) is 23.8. The minimum atomic E-state index is -0.985. The molecule has 2 aliphatic rings. The van der Waals surface area contributed by atoms with Gasteiger partial charge in [0.2, 0.25) is 0 Å². The molecule has 9 heteroatoms. The minimum absolute atomic E-state index is 0.0541. The molecule has 0 spiro atoms. The van der Waals surface area contributed by atoms with E-state index < -0.39 is 5.97 Å². The van der Waals surface area contributed by atoms with Gasteiger partial charge in [-0.2, -0.15) is 0 Å². The van der Waals surface area contributed by atoms with Crippen molar-refractivity contribution in [1.29, 1.82) is 0 Å². The fourth-order valence-corrected chi connectivity index (χ4v) is 6.33. The Morgan fingerprint density at radius 3 is 2.50 bits per heavy atom. The third-order valence-electron chi connectivity index (χ3n) is 8.62. The lowest BCUT2D eigenvalue weighted by Crippen LogP contribution is -2.38. The number of aromatic nitrogens is 2. The van der Waals surface area contributed by atoms with Crippen molar-refractivity contribution in [3.8, 4) is 17.1 Å². The molecule has 1 saturated carbocycles. The van der Waals surface area contributed by atoms with Gasteiger partial charge in [0.05, 0.1) is 22.9 Å². The van der Waals surface area contributed by atoms with Crippen molar-refractivity contribution in [2.75, 3.05) is 26.2 Å². The Labute approximate surface area is 245 Å². The van der Waals surface area contributed by atoms with Crippen molar-refractivity contribution >= 4 is 22.9 Å². The summed E-state index contributed by atoms with van der Waals surface area (Å²) in [5.74, 6) is 0.879. The maximum atomic E-state index is 13.2. The maximum absolute atomic E-state index is 13.2. The molecule has 0 bridgehead atoms. The van der Waals surface area contributed by atoms with Crippen LogP contribution in [0.1, 0.15) is 66.9 Å². The highest BCUT2D eigenvalue weighted by molar-refractivity contribution is 5.98. The van der Waals surface area contributed by atoms with Crippen molar-refractivity contribution < 1.29 is 23.8 Å². The molecule has 1 saturated heterocycles. The number of imidazole rings is 1. The van der Waals surface area contributed by atoms with Gasteiger partial charge in [0, 0.05) is 24.7 Å². The van der Waals surface area contributed by atoms with Crippen LogP contribution in [-0.2, 0) is 11.3 Å². The summed E-state index contributed by atoms with van der Waals surface area (Å²) in [5, 5.41) is 11.9. The average molecular weight is 571 g/mol. The van der Waals surface area contributed by atoms with Crippen LogP contribution in [0.5, 0.6) is 5.75 Å². The van der Waals surface area contributed by atoms with Gasteiger partial charge in [0.1, 0.15) is 17.8 Å². The van der Waals surface area contributed by atoms with E-state index in [1.54, 1.807) is 12.5 Å². The van der Waals surface area contributed by atoms with Crippen LogP contribution in [0.2, 0.25) is 0 Å². The molecule has 220 valence electrons. The summed E-state index contributed by atoms with van der Waals surface area (Å²) >= 11 is 0. The summed E-state index contributed by atoms with van der Waals surface area (Å²) in [6, 6.07) is 15.9. The Balaban J connectivity index is 1.03. The summed E-state index contributed by atoms with van der Waals surface area (Å²) in [6.45, 7) is 3.11. The number of carbonyl (C=O) groups excluding carboxylic acids is 1. The van der Waals surface area contributed by atoms with Crippen molar-refractivity contribution in [3.63, 3.8) is 0 Å². The number of hydrogen-bond donors (Lipinski definition) is 2. The molecule has 1 aliphatic heterocycles. The largest absolute Gasteiger partial charge is 0.482 e. The molecule has 2 aromatic carbocycles. The van der Waals surface area contributed by atoms with Crippen LogP contribution in [0.25, 0.3) is 22.4 Å². The molecule has 2 fully saturated rings. The molecule has 2 aromatic heterocycles. The number of piperidine rings is 1. The highest BCUT2D eigenvalue weighted by Crippen LogP contribution is 2.36. The van der Waals surface area contributed by atoms with E-state index in [-0.39, 0.29) is 12.5 Å². The molecule has 6 rings (SSSR count). The number of carbonyl (C=O) groups is 2. The van der Waals surface area contributed by atoms with Crippen LogP contribution in [0.3, 0.4) is 0 Å². The van der Waals surface area contributed by atoms with Crippen molar-refractivity contribution in [2.45, 2.75) is 57.5 Å². The first-order valence-corrected chi connectivity index (χ1v) is 15.0. The second kappa shape index (κ2) is 12.8. The van der Waals surface area contributed by atoms with Crippen LogP contribution in [0.4, 0.5) is 0 Å². The van der Waals surface area contributed by atoms with E-state index in [9.17, 15) is 9.59 Å². The van der Waals surface area contributed by atoms with Crippen LogP contribution in [-0.4, -0.2) is 57.7 Å². The second-order valence-electron chi connectivity index (χ2n) is 11.6. The van der Waals surface area contributed by atoms with Crippen molar-refractivity contribution in [1.82, 2.24) is 19.8 Å². The minimum Gasteiger partial charge on any atom is -0.482 e. The van der Waals surface area contributed by atoms with E-state index in [1.165, 1.54) is 24.8 Å². The fourth-order valence-electron chi connectivity index (χ4n) is 6.33. The molecule has 42 heavy (non-hydrogen) atoms. The SMILES string of the molecule is O=C(O)COc1ccc(CN2CCC(CNC(=O)c3ccc4c(c3)nc(-c3ccoc3)n4C3CCCCC3)CC2)cc1. The Kier molecular flexibility index (Phi) is 8.55. The van der Waals surface area contributed by atoms with E-state index in [4.69, 9.17) is 19.2 Å². The molecular weight excluding hydrogens is 532 g/mol. The van der Waals surface area contributed by atoms with Gasteiger partial charge in [0.15, 0.2) is 6.61 Å².